The first kappa shape index (κ1) is 12.3. The topological polar surface area (TPSA) is 70.6 Å². The third-order valence-corrected chi connectivity index (χ3v) is 3.25. The van der Waals surface area contributed by atoms with Gasteiger partial charge in [0.2, 0.25) is 0 Å². The van der Waals surface area contributed by atoms with Gasteiger partial charge in [-0.1, -0.05) is 12.1 Å². The van der Waals surface area contributed by atoms with Crippen molar-refractivity contribution in [1.82, 2.24) is 5.32 Å². The van der Waals surface area contributed by atoms with Crippen molar-refractivity contribution in [2.75, 3.05) is 0 Å². The van der Waals surface area contributed by atoms with Crippen molar-refractivity contribution in [2.24, 2.45) is 16.8 Å². The zero-order valence-corrected chi connectivity index (χ0v) is 9.95. The summed E-state index contributed by atoms with van der Waals surface area (Å²) < 4.78 is 0. The molecule has 4 heteroatoms. The van der Waals surface area contributed by atoms with Crippen molar-refractivity contribution in [1.29, 1.82) is 0 Å². The van der Waals surface area contributed by atoms with Crippen LogP contribution < -0.4 is 11.1 Å². The fourth-order valence-electron chi connectivity index (χ4n) is 2.04. The summed E-state index contributed by atoms with van der Waals surface area (Å²) in [5.41, 5.74) is 5.70. The van der Waals surface area contributed by atoms with Crippen LogP contribution in [0.3, 0.4) is 0 Å². The van der Waals surface area contributed by atoms with E-state index in [2.05, 4.69) is 31.2 Å². The van der Waals surface area contributed by atoms with E-state index in [1.54, 1.807) is 0 Å². The quantitative estimate of drug-likeness (QED) is 0.272. The van der Waals surface area contributed by atoms with Crippen LogP contribution in [0, 0.1) is 5.92 Å². The molecule has 0 saturated heterocycles. The lowest BCUT2D eigenvalue weighted by Crippen LogP contribution is -2.48. The Kier molecular flexibility index (Phi) is 3.97. The predicted molar refractivity (Wildman–Crippen MR) is 62.0 cm³/mol. The van der Waals surface area contributed by atoms with Crippen molar-refractivity contribution in [2.45, 2.75) is 58.0 Å². The van der Waals surface area contributed by atoms with Gasteiger partial charge in [-0.25, -0.2) is 0 Å². The van der Waals surface area contributed by atoms with E-state index in [0.717, 1.165) is 12.3 Å². The highest BCUT2D eigenvalue weighted by molar-refractivity contribution is 5.80. The Labute approximate surface area is 91.9 Å². The van der Waals surface area contributed by atoms with Gasteiger partial charge < -0.3 is 16.3 Å². The minimum absolute atomic E-state index is 0.177. The molecule has 1 aliphatic rings. The van der Waals surface area contributed by atoms with E-state index in [1.807, 2.05) is 0 Å². The lowest BCUT2D eigenvalue weighted by molar-refractivity contribution is 0.288. The van der Waals surface area contributed by atoms with E-state index in [-0.39, 0.29) is 5.54 Å². The van der Waals surface area contributed by atoms with Gasteiger partial charge in [-0.05, 0) is 39.0 Å². The highest BCUT2D eigenvalue weighted by Crippen LogP contribution is 2.39. The molecule has 0 aromatic carbocycles. The lowest BCUT2D eigenvalue weighted by atomic mass is 9.96. The maximum Gasteiger partial charge on any atom is 0.140 e. The third kappa shape index (κ3) is 3.70. The molecular weight excluding hydrogens is 190 g/mol. The van der Waals surface area contributed by atoms with Crippen molar-refractivity contribution < 1.29 is 5.21 Å². The number of amidine groups is 1. The van der Waals surface area contributed by atoms with Crippen LogP contribution in [0.25, 0.3) is 0 Å². The number of hydrogen-bond donors (Lipinski definition) is 3. The van der Waals surface area contributed by atoms with Crippen molar-refractivity contribution in [3.63, 3.8) is 0 Å². The minimum Gasteiger partial charge on any atom is -0.409 e. The zero-order valence-electron chi connectivity index (χ0n) is 9.95. The molecule has 0 aromatic heterocycles. The summed E-state index contributed by atoms with van der Waals surface area (Å²) in [5, 5.41) is 15.2. The third-order valence-electron chi connectivity index (χ3n) is 3.25. The maximum absolute atomic E-state index is 8.53. The van der Waals surface area contributed by atoms with Crippen LogP contribution in [-0.2, 0) is 0 Å². The monoisotopic (exact) mass is 213 g/mol. The van der Waals surface area contributed by atoms with Crippen LogP contribution in [0.15, 0.2) is 5.16 Å². The van der Waals surface area contributed by atoms with Crippen molar-refractivity contribution in [3.8, 4) is 0 Å². The normalized spacial score (nSPS) is 20.3. The first-order valence-electron chi connectivity index (χ1n) is 5.73. The fraction of sp³-hybridized carbons (Fsp3) is 0.909. The van der Waals surface area contributed by atoms with Crippen LogP contribution in [0.1, 0.15) is 46.5 Å². The molecule has 1 aliphatic carbocycles. The molecule has 1 atom stereocenters. The SMILES string of the molecule is CCC(CC(N)=NO)NC(C)(C)C1CC1. The molecule has 88 valence electrons. The van der Waals surface area contributed by atoms with E-state index in [9.17, 15) is 0 Å². The van der Waals surface area contributed by atoms with E-state index < -0.39 is 0 Å². The summed E-state index contributed by atoms with van der Waals surface area (Å²) in [6.45, 7) is 6.59. The number of hydrogen-bond acceptors (Lipinski definition) is 3. The summed E-state index contributed by atoms with van der Waals surface area (Å²) >= 11 is 0. The Morgan fingerprint density at radius 2 is 2.20 bits per heavy atom. The van der Waals surface area contributed by atoms with Gasteiger partial charge >= 0.3 is 0 Å². The molecule has 1 rings (SSSR count). The number of nitrogens with zero attached hydrogens (tertiary/aromatic N) is 1. The van der Waals surface area contributed by atoms with Crippen LogP contribution in [-0.4, -0.2) is 22.6 Å². The minimum atomic E-state index is 0.177. The predicted octanol–water partition coefficient (Wildman–Crippen LogP) is 1.68. The van der Waals surface area contributed by atoms with Crippen molar-refractivity contribution in [3.05, 3.63) is 0 Å². The van der Waals surface area contributed by atoms with Gasteiger partial charge in [0.1, 0.15) is 5.84 Å². The van der Waals surface area contributed by atoms with Crippen LogP contribution in [0.2, 0.25) is 0 Å². The fourth-order valence-corrected chi connectivity index (χ4v) is 2.04. The van der Waals surface area contributed by atoms with Crippen LogP contribution >= 0.6 is 0 Å². The van der Waals surface area contributed by atoms with Gasteiger partial charge in [-0.15, -0.1) is 0 Å². The first-order chi connectivity index (χ1) is 6.99. The highest BCUT2D eigenvalue weighted by atomic mass is 16.4. The summed E-state index contributed by atoms with van der Waals surface area (Å²) in [5.74, 6) is 1.10. The molecular formula is C11H23N3O. The Balaban J connectivity index is 2.45. The molecule has 1 saturated carbocycles. The average Bonchev–Trinajstić information content (AvgIpc) is 2.99. The van der Waals surface area contributed by atoms with Gasteiger partial charge in [0, 0.05) is 18.0 Å². The second-order valence-electron chi connectivity index (χ2n) is 5.04. The molecule has 0 bridgehead atoms. The molecule has 0 heterocycles. The molecule has 0 amide bonds. The smallest absolute Gasteiger partial charge is 0.140 e. The highest BCUT2D eigenvalue weighted by Gasteiger charge is 2.38. The van der Waals surface area contributed by atoms with Gasteiger partial charge in [0.15, 0.2) is 0 Å². The summed E-state index contributed by atoms with van der Waals surface area (Å²) in [6, 6.07) is 0.302. The van der Waals surface area contributed by atoms with E-state index in [1.165, 1.54) is 12.8 Å². The average molecular weight is 213 g/mol. The number of rotatable bonds is 6. The van der Waals surface area contributed by atoms with Gasteiger partial charge in [-0.3, -0.25) is 0 Å². The number of nitrogens with one attached hydrogen (secondary N) is 1. The summed E-state index contributed by atoms with van der Waals surface area (Å²) in [6.07, 6.45) is 4.25. The maximum atomic E-state index is 8.53. The van der Waals surface area contributed by atoms with Crippen LogP contribution in [0.5, 0.6) is 0 Å². The zero-order chi connectivity index (χ0) is 11.5. The Morgan fingerprint density at radius 1 is 1.60 bits per heavy atom. The van der Waals surface area contributed by atoms with E-state index in [0.29, 0.717) is 18.3 Å². The molecule has 0 radical (unpaired) electrons. The van der Waals surface area contributed by atoms with E-state index >= 15 is 0 Å². The molecule has 15 heavy (non-hydrogen) atoms. The first-order valence-corrected chi connectivity index (χ1v) is 5.73. The summed E-state index contributed by atoms with van der Waals surface area (Å²) in [7, 11) is 0. The van der Waals surface area contributed by atoms with E-state index in [4.69, 9.17) is 10.9 Å². The van der Waals surface area contributed by atoms with Gasteiger partial charge in [0.05, 0.1) is 0 Å². The molecule has 4 nitrogen and oxygen atoms in total. The Morgan fingerprint density at radius 3 is 2.60 bits per heavy atom. The molecule has 0 aliphatic heterocycles. The van der Waals surface area contributed by atoms with Gasteiger partial charge in [0.25, 0.3) is 0 Å². The molecule has 0 aromatic rings. The Hall–Kier alpha value is -0.770. The molecule has 0 spiro atoms. The van der Waals surface area contributed by atoms with Gasteiger partial charge in [-0.2, -0.15) is 0 Å². The van der Waals surface area contributed by atoms with Crippen LogP contribution in [0.4, 0.5) is 0 Å². The number of nitrogens with two attached hydrogens (primary N) is 1. The molecule has 1 fully saturated rings. The Bertz CT molecular complexity index is 234. The number of oxime groups is 1. The molecule has 4 N–H and O–H groups in total. The second kappa shape index (κ2) is 4.84. The molecule has 1 unspecified atom stereocenters. The summed E-state index contributed by atoms with van der Waals surface area (Å²) in [4.78, 5) is 0. The van der Waals surface area contributed by atoms with Crippen molar-refractivity contribution >= 4 is 5.84 Å². The lowest BCUT2D eigenvalue weighted by Gasteiger charge is -2.31. The largest absolute Gasteiger partial charge is 0.409 e. The second-order valence-corrected chi connectivity index (χ2v) is 5.04. The standard InChI is InChI=1S/C11H23N3O/c1-4-9(7-10(12)14-15)13-11(2,3)8-5-6-8/h8-9,13,15H,4-7H2,1-3H3,(H2,12,14).